The molecule has 0 unspecified atom stereocenters. The number of hydrogen-bond acceptors (Lipinski definition) is 2. The predicted octanol–water partition coefficient (Wildman–Crippen LogP) is 2.94. The Morgan fingerprint density at radius 1 is 1.22 bits per heavy atom. The van der Waals surface area contributed by atoms with Crippen molar-refractivity contribution in [2.75, 3.05) is 13.1 Å². The van der Waals surface area contributed by atoms with E-state index >= 15 is 0 Å². The third kappa shape index (κ3) is 3.98. The quantitative estimate of drug-likeness (QED) is 0.894. The molecule has 1 aliphatic heterocycles. The van der Waals surface area contributed by atoms with Crippen LogP contribution in [0.1, 0.15) is 38.3 Å². The highest BCUT2D eigenvalue weighted by Gasteiger charge is 2.19. The van der Waals surface area contributed by atoms with Gasteiger partial charge in [-0.25, -0.2) is 0 Å². The first-order valence-corrected chi connectivity index (χ1v) is 6.52. The molecule has 0 amide bonds. The minimum atomic E-state index is 0. The first-order chi connectivity index (χ1) is 7.95. The van der Waals surface area contributed by atoms with Crippen molar-refractivity contribution in [1.82, 2.24) is 4.90 Å². The van der Waals surface area contributed by atoms with Crippen LogP contribution in [0.5, 0.6) is 0 Å². The number of benzene rings is 1. The number of nitrogens with zero attached hydrogens (tertiary/aromatic N) is 1. The van der Waals surface area contributed by atoms with E-state index in [9.17, 15) is 0 Å². The van der Waals surface area contributed by atoms with E-state index in [2.05, 4.69) is 49.9 Å². The summed E-state index contributed by atoms with van der Waals surface area (Å²) in [6.45, 7) is 9.98. The molecule has 1 aromatic rings. The second kappa shape index (κ2) is 6.05. The summed E-state index contributed by atoms with van der Waals surface area (Å²) in [7, 11) is 0. The molecule has 18 heavy (non-hydrogen) atoms. The van der Waals surface area contributed by atoms with Gasteiger partial charge in [-0.1, -0.05) is 45.0 Å². The van der Waals surface area contributed by atoms with Gasteiger partial charge in [-0.2, -0.15) is 0 Å². The third-order valence-corrected chi connectivity index (χ3v) is 3.53. The predicted molar refractivity (Wildman–Crippen MR) is 80.3 cm³/mol. The standard InChI is InChI=1S/C15H24N2.ClH/c1-15(2,3)13-6-4-12(5-7-13)10-17-9-8-14(16)11-17;/h4-7,14H,8-11,16H2,1-3H3;1H/t14-;/m0./s1. The summed E-state index contributed by atoms with van der Waals surface area (Å²) in [6.07, 6.45) is 1.14. The molecule has 0 radical (unpaired) electrons. The van der Waals surface area contributed by atoms with Gasteiger partial charge in [0.1, 0.15) is 0 Å². The van der Waals surface area contributed by atoms with Crippen LogP contribution in [0.15, 0.2) is 24.3 Å². The van der Waals surface area contributed by atoms with E-state index in [-0.39, 0.29) is 17.8 Å². The van der Waals surface area contributed by atoms with Crippen LogP contribution in [0.3, 0.4) is 0 Å². The van der Waals surface area contributed by atoms with Gasteiger partial charge in [0.2, 0.25) is 0 Å². The van der Waals surface area contributed by atoms with Crippen molar-refractivity contribution in [3.63, 3.8) is 0 Å². The van der Waals surface area contributed by atoms with E-state index in [0.29, 0.717) is 6.04 Å². The second-order valence-electron chi connectivity index (χ2n) is 6.23. The molecule has 2 rings (SSSR count). The van der Waals surface area contributed by atoms with Crippen molar-refractivity contribution in [3.05, 3.63) is 35.4 Å². The summed E-state index contributed by atoms with van der Waals surface area (Å²) in [5.41, 5.74) is 8.96. The van der Waals surface area contributed by atoms with Crippen LogP contribution >= 0.6 is 12.4 Å². The Hall–Kier alpha value is -0.570. The van der Waals surface area contributed by atoms with Gasteiger partial charge in [-0.3, -0.25) is 4.90 Å². The molecule has 1 fully saturated rings. The average molecular weight is 269 g/mol. The Morgan fingerprint density at radius 3 is 2.28 bits per heavy atom. The SMILES string of the molecule is CC(C)(C)c1ccc(CN2CC[C@H](N)C2)cc1.Cl. The first-order valence-electron chi connectivity index (χ1n) is 6.52. The summed E-state index contributed by atoms with van der Waals surface area (Å²) in [4.78, 5) is 2.44. The van der Waals surface area contributed by atoms with Gasteiger partial charge in [-0.15, -0.1) is 12.4 Å². The van der Waals surface area contributed by atoms with Crippen LogP contribution in [0.25, 0.3) is 0 Å². The van der Waals surface area contributed by atoms with E-state index in [0.717, 1.165) is 26.1 Å². The van der Waals surface area contributed by atoms with Crippen LogP contribution in [-0.4, -0.2) is 24.0 Å². The smallest absolute Gasteiger partial charge is 0.0234 e. The fourth-order valence-electron chi connectivity index (χ4n) is 2.37. The molecule has 3 heteroatoms. The van der Waals surface area contributed by atoms with Gasteiger partial charge >= 0.3 is 0 Å². The molecule has 1 saturated heterocycles. The fraction of sp³-hybridized carbons (Fsp3) is 0.600. The van der Waals surface area contributed by atoms with Crippen molar-refractivity contribution < 1.29 is 0 Å². The Morgan fingerprint density at radius 2 is 1.83 bits per heavy atom. The zero-order valence-electron chi connectivity index (χ0n) is 11.6. The molecule has 1 atom stereocenters. The van der Waals surface area contributed by atoms with Crippen LogP contribution in [0, 0.1) is 0 Å². The lowest BCUT2D eigenvalue weighted by atomic mass is 9.87. The first kappa shape index (κ1) is 15.5. The molecular weight excluding hydrogens is 244 g/mol. The monoisotopic (exact) mass is 268 g/mol. The normalized spacial score (nSPS) is 20.8. The number of likely N-dealkylation sites (tertiary alicyclic amines) is 1. The topological polar surface area (TPSA) is 29.3 Å². The van der Waals surface area contributed by atoms with Crippen molar-refractivity contribution in [3.8, 4) is 0 Å². The zero-order chi connectivity index (χ0) is 12.5. The Labute approximate surface area is 117 Å². The minimum Gasteiger partial charge on any atom is -0.326 e. The lowest BCUT2D eigenvalue weighted by Crippen LogP contribution is -2.26. The lowest BCUT2D eigenvalue weighted by Gasteiger charge is -2.20. The molecule has 1 heterocycles. The highest BCUT2D eigenvalue weighted by Crippen LogP contribution is 2.22. The number of nitrogens with two attached hydrogens (primary N) is 1. The van der Waals surface area contributed by atoms with Gasteiger partial charge in [-0.05, 0) is 23.0 Å². The maximum Gasteiger partial charge on any atom is 0.0234 e. The van der Waals surface area contributed by atoms with Crippen molar-refractivity contribution in [2.24, 2.45) is 5.73 Å². The van der Waals surface area contributed by atoms with Gasteiger partial charge in [0.25, 0.3) is 0 Å². The van der Waals surface area contributed by atoms with Crippen LogP contribution in [0.4, 0.5) is 0 Å². The maximum absolute atomic E-state index is 5.92. The summed E-state index contributed by atoms with van der Waals surface area (Å²) >= 11 is 0. The summed E-state index contributed by atoms with van der Waals surface area (Å²) in [5.74, 6) is 0. The number of halogens is 1. The number of hydrogen-bond donors (Lipinski definition) is 1. The van der Waals surface area contributed by atoms with Crippen LogP contribution < -0.4 is 5.73 Å². The summed E-state index contributed by atoms with van der Waals surface area (Å²) in [6, 6.07) is 9.40. The van der Waals surface area contributed by atoms with Gasteiger partial charge in [0, 0.05) is 25.7 Å². The van der Waals surface area contributed by atoms with Gasteiger partial charge in [0.05, 0.1) is 0 Å². The second-order valence-corrected chi connectivity index (χ2v) is 6.23. The largest absolute Gasteiger partial charge is 0.326 e. The highest BCUT2D eigenvalue weighted by atomic mass is 35.5. The van der Waals surface area contributed by atoms with Crippen LogP contribution in [0.2, 0.25) is 0 Å². The molecule has 102 valence electrons. The van der Waals surface area contributed by atoms with Crippen LogP contribution in [-0.2, 0) is 12.0 Å². The summed E-state index contributed by atoms with van der Waals surface area (Å²) < 4.78 is 0. The van der Waals surface area contributed by atoms with Gasteiger partial charge in [0.15, 0.2) is 0 Å². The molecular formula is C15H25ClN2. The Balaban J connectivity index is 0.00000162. The van der Waals surface area contributed by atoms with E-state index in [1.807, 2.05) is 0 Å². The van der Waals surface area contributed by atoms with E-state index in [1.54, 1.807) is 0 Å². The highest BCUT2D eigenvalue weighted by molar-refractivity contribution is 5.85. The Kier molecular flexibility index (Phi) is 5.20. The molecule has 1 aliphatic rings. The third-order valence-electron chi connectivity index (χ3n) is 3.53. The molecule has 0 spiro atoms. The molecule has 2 nitrogen and oxygen atoms in total. The molecule has 0 saturated carbocycles. The van der Waals surface area contributed by atoms with E-state index < -0.39 is 0 Å². The molecule has 0 bridgehead atoms. The zero-order valence-corrected chi connectivity index (χ0v) is 12.5. The van der Waals surface area contributed by atoms with Crippen molar-refractivity contribution in [1.29, 1.82) is 0 Å². The summed E-state index contributed by atoms with van der Waals surface area (Å²) in [5, 5.41) is 0. The molecule has 0 aromatic heterocycles. The average Bonchev–Trinajstić information content (AvgIpc) is 2.63. The van der Waals surface area contributed by atoms with Gasteiger partial charge < -0.3 is 5.73 Å². The minimum absolute atomic E-state index is 0. The van der Waals surface area contributed by atoms with E-state index in [4.69, 9.17) is 5.73 Å². The van der Waals surface area contributed by atoms with Crippen molar-refractivity contribution in [2.45, 2.75) is 45.2 Å². The Bertz CT molecular complexity index is 367. The maximum atomic E-state index is 5.92. The molecule has 0 aliphatic carbocycles. The lowest BCUT2D eigenvalue weighted by molar-refractivity contribution is 0.327. The van der Waals surface area contributed by atoms with Crippen molar-refractivity contribution >= 4 is 12.4 Å². The van der Waals surface area contributed by atoms with E-state index in [1.165, 1.54) is 11.1 Å². The molecule has 2 N–H and O–H groups in total. The fourth-order valence-corrected chi connectivity index (χ4v) is 2.37. The molecule has 1 aromatic carbocycles. The number of rotatable bonds is 2.